The van der Waals surface area contributed by atoms with Crippen molar-refractivity contribution in [3.63, 3.8) is 0 Å². The molecule has 6 nitrogen and oxygen atoms in total. The molecule has 0 aliphatic carbocycles. The molecule has 0 N–H and O–H groups in total. The van der Waals surface area contributed by atoms with Crippen molar-refractivity contribution >= 4 is 23.6 Å². The third-order valence-electron chi connectivity index (χ3n) is 3.49. The lowest BCUT2D eigenvalue weighted by atomic mass is 10.1. The van der Waals surface area contributed by atoms with E-state index in [2.05, 4.69) is 0 Å². The summed E-state index contributed by atoms with van der Waals surface area (Å²) in [7, 11) is 0. The van der Waals surface area contributed by atoms with Gasteiger partial charge in [-0.3, -0.25) is 29.0 Å². The summed E-state index contributed by atoms with van der Waals surface area (Å²) in [6.07, 6.45) is 0.439. The molecular weight excluding hydrogens is 248 g/mol. The minimum absolute atomic E-state index is 0. The molecule has 2 rings (SSSR count). The van der Waals surface area contributed by atoms with Crippen LogP contribution in [0, 0.1) is 11.8 Å². The highest BCUT2D eigenvalue weighted by Crippen LogP contribution is 2.21. The normalized spacial score (nSPS) is 27.3. The third-order valence-corrected chi connectivity index (χ3v) is 3.49. The number of hydrogen-bond donors (Lipinski definition) is 0. The lowest BCUT2D eigenvalue weighted by Gasteiger charge is -2.19. The van der Waals surface area contributed by atoms with E-state index in [0.29, 0.717) is 0 Å². The molecule has 2 aliphatic heterocycles. The van der Waals surface area contributed by atoms with Gasteiger partial charge in [-0.2, -0.15) is 0 Å². The fourth-order valence-corrected chi connectivity index (χ4v) is 2.37. The van der Waals surface area contributed by atoms with Crippen LogP contribution in [0.3, 0.4) is 0 Å². The molecule has 0 saturated carbocycles. The van der Waals surface area contributed by atoms with Gasteiger partial charge >= 0.3 is 0 Å². The number of imide groups is 2. The maximum atomic E-state index is 11.7. The molecule has 2 aliphatic rings. The Labute approximate surface area is 112 Å². The standard InChI is InChI=1S/C12H16N2O4.CH4/c1-7-5-9(15)13(11(7)17)3-4-14-10(16)6-8(2)12(14)18;/h7-8H,3-6H2,1-2H3;1H4. The van der Waals surface area contributed by atoms with Crippen molar-refractivity contribution in [2.24, 2.45) is 11.8 Å². The van der Waals surface area contributed by atoms with E-state index in [1.54, 1.807) is 13.8 Å². The average molecular weight is 268 g/mol. The Morgan fingerprint density at radius 1 is 0.842 bits per heavy atom. The minimum Gasteiger partial charge on any atom is -0.281 e. The summed E-state index contributed by atoms with van der Waals surface area (Å²) >= 11 is 0. The summed E-state index contributed by atoms with van der Waals surface area (Å²) < 4.78 is 0. The highest BCUT2D eigenvalue weighted by Gasteiger charge is 2.39. The monoisotopic (exact) mass is 268 g/mol. The van der Waals surface area contributed by atoms with E-state index in [1.165, 1.54) is 0 Å². The van der Waals surface area contributed by atoms with Crippen LogP contribution in [-0.2, 0) is 19.2 Å². The second-order valence-corrected chi connectivity index (χ2v) is 4.98. The topological polar surface area (TPSA) is 74.8 Å². The fraction of sp³-hybridized carbons (Fsp3) is 0.692. The molecular formula is C13H20N2O4. The van der Waals surface area contributed by atoms with Gasteiger partial charge in [-0.15, -0.1) is 0 Å². The summed E-state index contributed by atoms with van der Waals surface area (Å²) in [5, 5.41) is 0. The molecule has 6 heteroatoms. The molecule has 0 spiro atoms. The smallest absolute Gasteiger partial charge is 0.232 e. The van der Waals surface area contributed by atoms with Crippen molar-refractivity contribution in [2.75, 3.05) is 13.1 Å². The van der Waals surface area contributed by atoms with Gasteiger partial charge < -0.3 is 0 Å². The van der Waals surface area contributed by atoms with E-state index < -0.39 is 0 Å². The Balaban J connectivity index is 0.00000180. The maximum Gasteiger partial charge on any atom is 0.232 e. The molecule has 0 bridgehead atoms. The van der Waals surface area contributed by atoms with Gasteiger partial charge in [0, 0.05) is 37.8 Å². The van der Waals surface area contributed by atoms with Crippen molar-refractivity contribution in [2.45, 2.75) is 34.1 Å². The number of nitrogens with zero attached hydrogens (tertiary/aromatic N) is 2. The molecule has 0 aromatic rings. The van der Waals surface area contributed by atoms with Crippen molar-refractivity contribution in [1.29, 1.82) is 0 Å². The molecule has 4 amide bonds. The summed E-state index contributed by atoms with van der Waals surface area (Å²) in [5.41, 5.74) is 0. The molecule has 106 valence electrons. The number of rotatable bonds is 3. The van der Waals surface area contributed by atoms with E-state index in [-0.39, 0.29) is 68.8 Å². The quantitative estimate of drug-likeness (QED) is 0.695. The Kier molecular flexibility index (Phi) is 4.44. The van der Waals surface area contributed by atoms with E-state index in [9.17, 15) is 19.2 Å². The van der Waals surface area contributed by atoms with Gasteiger partial charge in [-0.1, -0.05) is 21.3 Å². The summed E-state index contributed by atoms with van der Waals surface area (Å²) in [4.78, 5) is 48.7. The van der Waals surface area contributed by atoms with E-state index in [1.807, 2.05) is 0 Å². The molecule has 2 heterocycles. The van der Waals surface area contributed by atoms with Crippen LogP contribution in [0.2, 0.25) is 0 Å². The Hall–Kier alpha value is -1.72. The zero-order chi connectivity index (χ0) is 13.4. The lowest BCUT2D eigenvalue weighted by molar-refractivity contribution is -0.144. The number of carbonyl (C=O) groups is 4. The Morgan fingerprint density at radius 3 is 1.37 bits per heavy atom. The average Bonchev–Trinajstić information content (AvgIpc) is 2.67. The summed E-state index contributed by atoms with van der Waals surface area (Å²) in [5.74, 6) is -1.46. The second-order valence-electron chi connectivity index (χ2n) is 4.98. The van der Waals surface area contributed by atoms with Crippen molar-refractivity contribution < 1.29 is 19.2 Å². The SMILES string of the molecule is C.CC1CC(=O)N(CCN2C(=O)CC(C)C2=O)C1=O. The molecule has 0 radical (unpaired) electrons. The molecule has 2 unspecified atom stereocenters. The molecule has 2 saturated heterocycles. The molecule has 0 aromatic heterocycles. The molecule has 2 atom stereocenters. The minimum atomic E-state index is -0.290. The molecule has 2 fully saturated rings. The highest BCUT2D eigenvalue weighted by atomic mass is 16.2. The van der Waals surface area contributed by atoms with E-state index >= 15 is 0 Å². The van der Waals surface area contributed by atoms with Gasteiger partial charge in [0.2, 0.25) is 23.6 Å². The van der Waals surface area contributed by atoms with Gasteiger partial charge in [0.05, 0.1) is 0 Å². The van der Waals surface area contributed by atoms with Crippen LogP contribution in [0.4, 0.5) is 0 Å². The second kappa shape index (κ2) is 5.50. The van der Waals surface area contributed by atoms with Crippen molar-refractivity contribution in [1.82, 2.24) is 9.80 Å². The first-order valence-corrected chi connectivity index (χ1v) is 6.10. The first-order chi connectivity index (χ1) is 8.41. The van der Waals surface area contributed by atoms with Gasteiger partial charge in [-0.25, -0.2) is 0 Å². The molecule has 0 aromatic carbocycles. The van der Waals surface area contributed by atoms with E-state index in [0.717, 1.165) is 9.80 Å². The summed E-state index contributed by atoms with van der Waals surface area (Å²) in [6, 6.07) is 0. The first-order valence-electron chi connectivity index (χ1n) is 6.10. The van der Waals surface area contributed by atoms with Crippen LogP contribution in [0.1, 0.15) is 34.1 Å². The Bertz CT molecular complexity index is 392. The van der Waals surface area contributed by atoms with E-state index in [4.69, 9.17) is 0 Å². The van der Waals surface area contributed by atoms with Crippen LogP contribution in [0.5, 0.6) is 0 Å². The van der Waals surface area contributed by atoms with Gasteiger partial charge in [0.25, 0.3) is 0 Å². The summed E-state index contributed by atoms with van der Waals surface area (Å²) in [6.45, 7) is 3.64. The van der Waals surface area contributed by atoms with Crippen LogP contribution in [0.25, 0.3) is 0 Å². The number of likely N-dealkylation sites (tertiary alicyclic amines) is 2. The van der Waals surface area contributed by atoms with Crippen LogP contribution in [0.15, 0.2) is 0 Å². The largest absolute Gasteiger partial charge is 0.281 e. The van der Waals surface area contributed by atoms with Gasteiger partial charge in [-0.05, 0) is 0 Å². The Morgan fingerprint density at radius 2 is 1.16 bits per heavy atom. The number of amides is 4. The predicted octanol–water partition coefficient (Wildman–Crippen LogP) is 0.412. The van der Waals surface area contributed by atoms with Gasteiger partial charge in [0.1, 0.15) is 0 Å². The zero-order valence-electron chi connectivity index (χ0n) is 10.5. The van der Waals surface area contributed by atoms with Crippen molar-refractivity contribution in [3.05, 3.63) is 0 Å². The van der Waals surface area contributed by atoms with Crippen LogP contribution in [-0.4, -0.2) is 46.5 Å². The predicted molar refractivity (Wildman–Crippen MR) is 67.7 cm³/mol. The highest BCUT2D eigenvalue weighted by molar-refractivity contribution is 6.04. The van der Waals surface area contributed by atoms with Gasteiger partial charge in [0.15, 0.2) is 0 Å². The molecule has 19 heavy (non-hydrogen) atoms. The number of hydrogen-bond acceptors (Lipinski definition) is 4. The zero-order valence-corrected chi connectivity index (χ0v) is 10.5. The van der Waals surface area contributed by atoms with Crippen molar-refractivity contribution in [3.8, 4) is 0 Å². The number of carbonyl (C=O) groups excluding carboxylic acids is 4. The maximum absolute atomic E-state index is 11.7. The fourth-order valence-electron chi connectivity index (χ4n) is 2.37. The van der Waals surface area contributed by atoms with Crippen LogP contribution >= 0.6 is 0 Å². The van der Waals surface area contributed by atoms with Crippen LogP contribution < -0.4 is 0 Å². The lowest BCUT2D eigenvalue weighted by Crippen LogP contribution is -2.41. The first kappa shape index (κ1) is 15.3. The third kappa shape index (κ3) is 2.67.